The first kappa shape index (κ1) is 22.8. The van der Waals surface area contributed by atoms with Crippen LogP contribution >= 0.6 is 0 Å². The van der Waals surface area contributed by atoms with Gasteiger partial charge in [-0.15, -0.1) is 0 Å². The number of esters is 1. The Hall–Kier alpha value is -4.40. The third-order valence-corrected chi connectivity index (χ3v) is 5.22. The number of carbonyl (C=O) groups excluding carboxylic acids is 3. The molecule has 0 radical (unpaired) electrons. The lowest BCUT2D eigenvalue weighted by Gasteiger charge is -2.19. The summed E-state index contributed by atoms with van der Waals surface area (Å²) in [6.45, 7) is 1.24. The van der Waals surface area contributed by atoms with E-state index in [0.717, 1.165) is 16.8 Å². The third-order valence-electron chi connectivity index (χ3n) is 5.22. The van der Waals surface area contributed by atoms with Crippen LogP contribution in [0.25, 0.3) is 0 Å². The zero-order valence-corrected chi connectivity index (χ0v) is 18.5. The number of carbonyl (C=O) groups is 3. The Morgan fingerprint density at radius 2 is 1.79 bits per heavy atom. The fraction of sp³-hybridized carbons (Fsp3) is 0.200. The summed E-state index contributed by atoms with van der Waals surface area (Å²) in [4.78, 5) is 36.2. The summed E-state index contributed by atoms with van der Waals surface area (Å²) in [6, 6.07) is 16.9. The largest absolute Gasteiger partial charge is 0.484 e. The Bertz CT molecular complexity index is 1200. The van der Waals surface area contributed by atoms with E-state index in [1.54, 1.807) is 18.4 Å². The van der Waals surface area contributed by atoms with Gasteiger partial charge in [-0.2, -0.15) is 5.10 Å². The summed E-state index contributed by atoms with van der Waals surface area (Å²) in [5.74, 6) is -0.783. The average molecular weight is 461 g/mol. The molecular weight excluding hydrogens is 438 g/mol. The van der Waals surface area contributed by atoms with Gasteiger partial charge in [-0.05, 0) is 48.9 Å². The summed E-state index contributed by atoms with van der Waals surface area (Å²) < 4.78 is 15.9. The summed E-state index contributed by atoms with van der Waals surface area (Å²) >= 11 is 0. The van der Waals surface area contributed by atoms with Crippen LogP contribution in [0.15, 0.2) is 76.4 Å². The van der Waals surface area contributed by atoms with Crippen molar-refractivity contribution in [3.05, 3.63) is 89.4 Å². The molecule has 2 heterocycles. The van der Waals surface area contributed by atoms with Crippen LogP contribution in [0.2, 0.25) is 0 Å². The Labute approximate surface area is 195 Å². The van der Waals surface area contributed by atoms with E-state index >= 15 is 0 Å². The van der Waals surface area contributed by atoms with Crippen molar-refractivity contribution in [3.63, 3.8) is 0 Å². The van der Waals surface area contributed by atoms with Gasteiger partial charge in [0.1, 0.15) is 17.6 Å². The van der Waals surface area contributed by atoms with E-state index in [9.17, 15) is 14.4 Å². The van der Waals surface area contributed by atoms with Crippen molar-refractivity contribution >= 4 is 23.5 Å². The van der Waals surface area contributed by atoms with Crippen LogP contribution in [0.4, 0.5) is 0 Å². The molecule has 2 N–H and O–H groups in total. The number of amides is 2. The molecule has 9 nitrogen and oxygen atoms in total. The van der Waals surface area contributed by atoms with Crippen molar-refractivity contribution in [1.29, 1.82) is 0 Å². The minimum absolute atomic E-state index is 0.229. The van der Waals surface area contributed by atoms with Crippen molar-refractivity contribution in [2.75, 3.05) is 13.2 Å². The molecule has 0 spiro atoms. The number of hydrogen-bond acceptors (Lipinski definition) is 7. The van der Waals surface area contributed by atoms with Gasteiger partial charge in [0, 0.05) is 6.42 Å². The second-order valence-corrected chi connectivity index (χ2v) is 7.74. The predicted octanol–water partition coefficient (Wildman–Crippen LogP) is 2.99. The minimum Gasteiger partial charge on any atom is -0.484 e. The molecule has 0 saturated heterocycles. The van der Waals surface area contributed by atoms with Gasteiger partial charge in [0.05, 0.1) is 17.5 Å². The lowest BCUT2D eigenvalue weighted by atomic mass is 10.0. The first-order valence-corrected chi connectivity index (χ1v) is 10.6. The molecule has 2 amide bonds. The van der Waals surface area contributed by atoms with E-state index in [1.807, 2.05) is 31.2 Å². The number of hydrazone groups is 1. The van der Waals surface area contributed by atoms with Crippen molar-refractivity contribution in [1.82, 2.24) is 5.01 Å². The summed E-state index contributed by atoms with van der Waals surface area (Å²) in [5.41, 5.74) is 8.04. The molecule has 1 aromatic heterocycles. The van der Waals surface area contributed by atoms with Crippen molar-refractivity contribution in [3.8, 4) is 5.75 Å². The maximum absolute atomic E-state index is 13.0. The van der Waals surface area contributed by atoms with Crippen LogP contribution in [0, 0.1) is 6.92 Å². The number of benzene rings is 2. The van der Waals surface area contributed by atoms with E-state index in [0.29, 0.717) is 17.9 Å². The maximum atomic E-state index is 13.0. The van der Waals surface area contributed by atoms with Gasteiger partial charge < -0.3 is 19.6 Å². The molecule has 34 heavy (non-hydrogen) atoms. The molecule has 4 rings (SSSR count). The second-order valence-electron chi connectivity index (χ2n) is 7.74. The smallest absolute Gasteiger partial charge is 0.338 e. The molecule has 0 unspecified atom stereocenters. The van der Waals surface area contributed by atoms with Crippen LogP contribution in [-0.2, 0) is 14.3 Å². The standard InChI is InChI=1S/C25H23N3O6/c1-16-4-6-17(7-5-16)20-13-21(22-3-2-12-32-22)28(27-20)24(30)15-34-25(31)18-8-10-19(11-9-18)33-14-23(26)29/h2-12,21H,13-15H2,1H3,(H2,26,29)/t21-/m1/s1. The van der Waals surface area contributed by atoms with Crippen LogP contribution in [0.1, 0.15) is 39.7 Å². The molecule has 1 aliphatic rings. The molecule has 0 bridgehead atoms. The minimum atomic E-state index is -0.675. The first-order chi connectivity index (χ1) is 16.4. The molecule has 2 aromatic carbocycles. The Kier molecular flexibility index (Phi) is 6.72. The van der Waals surface area contributed by atoms with Gasteiger partial charge in [0.2, 0.25) is 0 Å². The van der Waals surface area contributed by atoms with Crippen molar-refractivity contribution < 1.29 is 28.3 Å². The predicted molar refractivity (Wildman–Crippen MR) is 122 cm³/mol. The number of rotatable bonds is 8. The maximum Gasteiger partial charge on any atom is 0.338 e. The molecule has 0 aliphatic carbocycles. The fourth-order valence-electron chi connectivity index (χ4n) is 3.48. The molecule has 0 saturated carbocycles. The van der Waals surface area contributed by atoms with Gasteiger partial charge in [-0.3, -0.25) is 9.59 Å². The molecule has 1 aliphatic heterocycles. The van der Waals surface area contributed by atoms with E-state index < -0.39 is 30.4 Å². The third kappa shape index (κ3) is 5.32. The van der Waals surface area contributed by atoms with E-state index in [4.69, 9.17) is 19.6 Å². The highest BCUT2D eigenvalue weighted by molar-refractivity contribution is 6.03. The molecule has 1 atom stereocenters. The Morgan fingerprint density at radius 1 is 1.06 bits per heavy atom. The van der Waals surface area contributed by atoms with E-state index in [2.05, 4.69) is 5.10 Å². The van der Waals surface area contributed by atoms with Gasteiger partial charge in [-0.1, -0.05) is 29.8 Å². The Morgan fingerprint density at radius 3 is 2.44 bits per heavy atom. The summed E-state index contributed by atoms with van der Waals surface area (Å²) in [6.07, 6.45) is 2.02. The zero-order valence-electron chi connectivity index (χ0n) is 18.5. The van der Waals surface area contributed by atoms with Gasteiger partial charge >= 0.3 is 5.97 Å². The summed E-state index contributed by atoms with van der Waals surface area (Å²) in [7, 11) is 0. The topological polar surface area (TPSA) is 124 Å². The lowest BCUT2D eigenvalue weighted by molar-refractivity contribution is -0.136. The van der Waals surface area contributed by atoms with Crippen molar-refractivity contribution in [2.24, 2.45) is 10.8 Å². The van der Waals surface area contributed by atoms with E-state index in [-0.39, 0.29) is 12.2 Å². The SMILES string of the molecule is Cc1ccc(C2=NN(C(=O)COC(=O)c3ccc(OCC(N)=O)cc3)[C@@H](c3ccco3)C2)cc1. The number of hydrogen-bond donors (Lipinski definition) is 1. The number of primary amides is 1. The highest BCUT2D eigenvalue weighted by atomic mass is 16.5. The average Bonchev–Trinajstić information content (AvgIpc) is 3.52. The zero-order chi connectivity index (χ0) is 24.1. The number of furan rings is 1. The van der Waals surface area contributed by atoms with Crippen LogP contribution < -0.4 is 10.5 Å². The van der Waals surface area contributed by atoms with Crippen LogP contribution in [0.3, 0.4) is 0 Å². The molecule has 174 valence electrons. The molecular formula is C25H23N3O6. The second kappa shape index (κ2) is 10.0. The fourth-order valence-corrected chi connectivity index (χ4v) is 3.48. The number of nitrogens with zero attached hydrogens (tertiary/aromatic N) is 2. The monoisotopic (exact) mass is 461 g/mol. The van der Waals surface area contributed by atoms with Crippen molar-refractivity contribution in [2.45, 2.75) is 19.4 Å². The van der Waals surface area contributed by atoms with Gasteiger partial charge in [0.25, 0.3) is 11.8 Å². The van der Waals surface area contributed by atoms with Crippen LogP contribution in [0.5, 0.6) is 5.75 Å². The quantitative estimate of drug-likeness (QED) is 0.514. The highest BCUT2D eigenvalue weighted by Gasteiger charge is 2.35. The van der Waals surface area contributed by atoms with E-state index in [1.165, 1.54) is 29.3 Å². The van der Waals surface area contributed by atoms with Gasteiger partial charge in [0.15, 0.2) is 13.2 Å². The number of nitrogens with two attached hydrogens (primary N) is 1. The normalized spacial score (nSPS) is 15.0. The molecule has 9 heteroatoms. The molecule has 3 aromatic rings. The first-order valence-electron chi connectivity index (χ1n) is 10.6. The Balaban J connectivity index is 1.43. The number of aryl methyl sites for hydroxylation is 1. The molecule has 0 fully saturated rings. The number of ether oxygens (including phenoxy) is 2. The summed E-state index contributed by atoms with van der Waals surface area (Å²) in [5, 5.41) is 5.82. The lowest BCUT2D eigenvalue weighted by Crippen LogP contribution is -2.31. The van der Waals surface area contributed by atoms with Crippen LogP contribution in [-0.4, -0.2) is 41.7 Å². The van der Waals surface area contributed by atoms with Gasteiger partial charge in [-0.25, -0.2) is 9.80 Å². The highest BCUT2D eigenvalue weighted by Crippen LogP contribution is 2.33.